The van der Waals surface area contributed by atoms with Crippen molar-refractivity contribution < 1.29 is 4.52 Å². The van der Waals surface area contributed by atoms with Gasteiger partial charge in [0.05, 0.1) is 5.52 Å². The first-order valence-electron chi connectivity index (χ1n) is 7.65. The van der Waals surface area contributed by atoms with Gasteiger partial charge in [0, 0.05) is 17.1 Å². The Morgan fingerprint density at radius 2 is 1.43 bits per heavy atom. The molecule has 0 amide bonds. The average molecular weight is 315 g/mol. The highest BCUT2D eigenvalue weighted by Crippen LogP contribution is 2.50. The highest BCUT2D eigenvalue weighted by atomic mass is 31.2. The molecule has 1 unspecified atom stereocenters. The lowest BCUT2D eigenvalue weighted by Gasteiger charge is -2.28. The number of benzene rings is 3. The van der Waals surface area contributed by atoms with Gasteiger partial charge in [-0.3, -0.25) is 4.34 Å². The van der Waals surface area contributed by atoms with Crippen LogP contribution >= 0.6 is 8.30 Å². The van der Waals surface area contributed by atoms with Crippen LogP contribution in [0.4, 0.5) is 0 Å². The Morgan fingerprint density at radius 1 is 0.696 bits per heavy atom. The lowest BCUT2D eigenvalue weighted by atomic mass is 10.0. The number of rotatable bonds is 1. The van der Waals surface area contributed by atoms with Crippen molar-refractivity contribution in [3.05, 3.63) is 85.1 Å². The molecule has 0 radical (unpaired) electrons. The van der Waals surface area contributed by atoms with Gasteiger partial charge in [-0.15, -0.1) is 0 Å². The number of aromatic nitrogens is 1. The van der Waals surface area contributed by atoms with Crippen molar-refractivity contribution in [1.29, 1.82) is 0 Å². The van der Waals surface area contributed by atoms with Gasteiger partial charge in [0.2, 0.25) is 8.30 Å². The Labute approximate surface area is 135 Å². The third-order valence-corrected chi connectivity index (χ3v) is 6.16. The van der Waals surface area contributed by atoms with E-state index < -0.39 is 8.30 Å². The zero-order valence-electron chi connectivity index (χ0n) is 12.4. The summed E-state index contributed by atoms with van der Waals surface area (Å²) in [5, 5.41) is 2.51. The Hall–Kier alpha value is -2.57. The number of hydrogen-bond donors (Lipinski definition) is 0. The second kappa shape index (κ2) is 4.97. The first-order chi connectivity index (χ1) is 11.4. The van der Waals surface area contributed by atoms with Crippen molar-refractivity contribution in [1.82, 2.24) is 4.34 Å². The number of nitrogens with zero attached hydrogens (tertiary/aromatic N) is 1. The standard InChI is InChI=1S/C20H14NOP/c1-4-10-18-15(7-1)13-14-21(18)23-20-12-6-3-9-17(20)16-8-2-5-11-19(16)22-23/h1-14H. The Kier molecular flexibility index (Phi) is 2.79. The summed E-state index contributed by atoms with van der Waals surface area (Å²) in [7, 11) is -0.915. The third-order valence-electron chi connectivity index (χ3n) is 4.25. The molecule has 23 heavy (non-hydrogen) atoms. The van der Waals surface area contributed by atoms with Crippen LogP contribution in [0.25, 0.3) is 22.0 Å². The van der Waals surface area contributed by atoms with Gasteiger partial charge in [-0.25, -0.2) is 0 Å². The minimum Gasteiger partial charge on any atom is -0.448 e. The summed E-state index contributed by atoms with van der Waals surface area (Å²) in [5.41, 5.74) is 3.67. The molecule has 0 aliphatic carbocycles. The SMILES string of the molecule is c1ccc2c(c1)OP(n1ccc3ccccc31)c1ccccc1-2. The molecule has 0 fully saturated rings. The van der Waals surface area contributed by atoms with E-state index in [0.29, 0.717) is 0 Å². The molecule has 3 aromatic carbocycles. The van der Waals surface area contributed by atoms with Crippen molar-refractivity contribution in [3.8, 4) is 16.9 Å². The molecular weight excluding hydrogens is 301 g/mol. The minimum atomic E-state index is -0.915. The summed E-state index contributed by atoms with van der Waals surface area (Å²) < 4.78 is 8.72. The van der Waals surface area contributed by atoms with Crippen LogP contribution in [0.3, 0.4) is 0 Å². The Morgan fingerprint density at radius 3 is 2.39 bits per heavy atom. The molecule has 1 aromatic heterocycles. The largest absolute Gasteiger partial charge is 0.448 e. The summed E-state index contributed by atoms with van der Waals surface area (Å²) in [4.78, 5) is 0. The maximum atomic E-state index is 6.44. The first-order valence-corrected chi connectivity index (χ1v) is 8.86. The van der Waals surface area contributed by atoms with E-state index in [-0.39, 0.29) is 0 Å². The predicted octanol–water partition coefficient (Wildman–Crippen LogP) is 5.19. The van der Waals surface area contributed by atoms with Gasteiger partial charge in [0.15, 0.2) is 0 Å². The van der Waals surface area contributed by atoms with Gasteiger partial charge in [-0.05, 0) is 35.2 Å². The zero-order valence-corrected chi connectivity index (χ0v) is 13.3. The quantitative estimate of drug-likeness (QED) is 0.441. The van der Waals surface area contributed by atoms with Crippen LogP contribution in [0.5, 0.6) is 5.75 Å². The normalized spacial score (nSPS) is 15.7. The van der Waals surface area contributed by atoms with E-state index in [2.05, 4.69) is 83.3 Å². The second-order valence-electron chi connectivity index (χ2n) is 5.60. The molecule has 0 N–H and O–H groups in total. The van der Waals surface area contributed by atoms with E-state index in [1.165, 1.54) is 27.3 Å². The van der Waals surface area contributed by atoms with E-state index in [0.717, 1.165) is 5.75 Å². The molecule has 1 aliphatic rings. The van der Waals surface area contributed by atoms with Crippen molar-refractivity contribution in [3.63, 3.8) is 0 Å². The van der Waals surface area contributed by atoms with Crippen molar-refractivity contribution in [2.75, 3.05) is 0 Å². The highest BCUT2D eigenvalue weighted by Gasteiger charge is 2.28. The second-order valence-corrected chi connectivity index (χ2v) is 7.24. The summed E-state index contributed by atoms with van der Waals surface area (Å²) >= 11 is 0. The molecular formula is C20H14NOP. The topological polar surface area (TPSA) is 14.2 Å². The van der Waals surface area contributed by atoms with Crippen LogP contribution in [0.2, 0.25) is 0 Å². The smallest absolute Gasteiger partial charge is 0.230 e. The van der Waals surface area contributed by atoms with Gasteiger partial charge in [-0.1, -0.05) is 54.6 Å². The monoisotopic (exact) mass is 315 g/mol. The molecule has 5 rings (SSSR count). The molecule has 0 spiro atoms. The molecule has 1 aliphatic heterocycles. The van der Waals surface area contributed by atoms with E-state index in [1.807, 2.05) is 6.07 Å². The maximum absolute atomic E-state index is 6.44. The Bertz CT molecular complexity index is 1020. The highest BCUT2D eigenvalue weighted by molar-refractivity contribution is 7.60. The van der Waals surface area contributed by atoms with Crippen molar-refractivity contribution in [2.24, 2.45) is 0 Å². The molecule has 0 saturated heterocycles. The fraction of sp³-hybridized carbons (Fsp3) is 0. The van der Waals surface area contributed by atoms with Gasteiger partial charge in [0.25, 0.3) is 0 Å². The fourth-order valence-corrected chi connectivity index (χ4v) is 5.11. The van der Waals surface area contributed by atoms with Crippen LogP contribution < -0.4 is 9.83 Å². The van der Waals surface area contributed by atoms with E-state index >= 15 is 0 Å². The van der Waals surface area contributed by atoms with Gasteiger partial charge in [0.1, 0.15) is 5.75 Å². The Balaban J connectivity index is 1.76. The number of fused-ring (bicyclic) bond motifs is 4. The zero-order chi connectivity index (χ0) is 15.2. The molecule has 2 nitrogen and oxygen atoms in total. The molecule has 2 heterocycles. The van der Waals surface area contributed by atoms with E-state index in [1.54, 1.807) is 0 Å². The minimum absolute atomic E-state index is 0.915. The summed E-state index contributed by atoms with van der Waals surface area (Å²) in [6, 6.07) is 27.5. The molecule has 110 valence electrons. The summed E-state index contributed by atoms with van der Waals surface area (Å²) in [6.45, 7) is 0. The maximum Gasteiger partial charge on any atom is 0.230 e. The van der Waals surface area contributed by atoms with Crippen LogP contribution in [0, 0.1) is 0 Å². The lowest BCUT2D eigenvalue weighted by molar-refractivity contribution is 0.613. The van der Waals surface area contributed by atoms with E-state index in [4.69, 9.17) is 4.52 Å². The molecule has 1 atom stereocenters. The molecule has 3 heteroatoms. The molecule has 0 saturated carbocycles. The molecule has 0 bridgehead atoms. The van der Waals surface area contributed by atoms with Crippen LogP contribution in [-0.2, 0) is 0 Å². The van der Waals surface area contributed by atoms with Crippen LogP contribution in [-0.4, -0.2) is 4.34 Å². The number of para-hydroxylation sites is 2. The van der Waals surface area contributed by atoms with Gasteiger partial charge in [-0.2, -0.15) is 0 Å². The van der Waals surface area contributed by atoms with Crippen molar-refractivity contribution >= 4 is 24.5 Å². The lowest BCUT2D eigenvalue weighted by Crippen LogP contribution is -2.17. The first kappa shape index (κ1) is 12.9. The predicted molar refractivity (Wildman–Crippen MR) is 96.4 cm³/mol. The van der Waals surface area contributed by atoms with Gasteiger partial charge >= 0.3 is 0 Å². The van der Waals surface area contributed by atoms with Crippen LogP contribution in [0.1, 0.15) is 0 Å². The third kappa shape index (κ3) is 1.92. The van der Waals surface area contributed by atoms with Gasteiger partial charge < -0.3 is 4.52 Å². The number of hydrogen-bond acceptors (Lipinski definition) is 1. The summed E-state index contributed by atoms with van der Waals surface area (Å²) in [6.07, 6.45) is 2.14. The summed E-state index contributed by atoms with van der Waals surface area (Å²) in [5.74, 6) is 0.968. The van der Waals surface area contributed by atoms with Crippen molar-refractivity contribution in [2.45, 2.75) is 0 Å². The van der Waals surface area contributed by atoms with E-state index in [9.17, 15) is 0 Å². The van der Waals surface area contributed by atoms with Crippen LogP contribution in [0.15, 0.2) is 85.1 Å². The molecule has 4 aromatic rings. The average Bonchev–Trinajstić information content (AvgIpc) is 3.05. The fourth-order valence-electron chi connectivity index (χ4n) is 3.17.